The monoisotopic (exact) mass is 425 g/mol. The minimum atomic E-state index is -0.990. The number of anilines is 1. The molecule has 3 aromatic carbocycles. The zero-order valence-electron chi connectivity index (χ0n) is 17.9. The number of hydrogen-bond donors (Lipinski definition) is 1. The van der Waals surface area contributed by atoms with Crippen LogP contribution in [0.2, 0.25) is 0 Å². The van der Waals surface area contributed by atoms with E-state index in [1.54, 1.807) is 25.1 Å². The average molecular weight is 425 g/mol. The van der Waals surface area contributed by atoms with Crippen LogP contribution < -0.4 is 9.64 Å². The number of carbonyl (C=O) groups excluding carboxylic acids is 2. The van der Waals surface area contributed by atoms with Gasteiger partial charge in [0.05, 0.1) is 36.2 Å². The van der Waals surface area contributed by atoms with Gasteiger partial charge in [0.25, 0.3) is 0 Å². The summed E-state index contributed by atoms with van der Waals surface area (Å²) >= 11 is 0. The van der Waals surface area contributed by atoms with E-state index in [4.69, 9.17) is 4.74 Å². The SMILES string of the molecule is COc1ccccc1N1C(=O)[C@H]2C3c4ccccc4C([C@H](C)O)(c4ccccc43)[C@H]2C1=O. The van der Waals surface area contributed by atoms with Crippen LogP contribution in [0.15, 0.2) is 72.8 Å². The van der Waals surface area contributed by atoms with Gasteiger partial charge in [-0.15, -0.1) is 0 Å². The molecule has 7 rings (SSSR count). The number of ether oxygens (including phenoxy) is 1. The van der Waals surface area contributed by atoms with Gasteiger partial charge in [0.15, 0.2) is 0 Å². The summed E-state index contributed by atoms with van der Waals surface area (Å²) < 4.78 is 5.48. The van der Waals surface area contributed by atoms with Crippen LogP contribution in [0.25, 0.3) is 0 Å². The van der Waals surface area contributed by atoms with Gasteiger partial charge in [0.2, 0.25) is 11.8 Å². The van der Waals surface area contributed by atoms with Crippen LogP contribution in [0.1, 0.15) is 35.1 Å². The molecule has 0 aromatic heterocycles. The largest absolute Gasteiger partial charge is 0.495 e. The van der Waals surface area contributed by atoms with E-state index in [0.29, 0.717) is 11.4 Å². The Morgan fingerprint density at radius 1 is 0.875 bits per heavy atom. The Bertz CT molecular complexity index is 1230. The molecule has 0 unspecified atom stereocenters. The fourth-order valence-corrected chi connectivity index (χ4v) is 6.59. The summed E-state index contributed by atoms with van der Waals surface area (Å²) in [6.45, 7) is 1.74. The standard InChI is InChI=1S/C27H23NO4/c1-15(29)27-18-11-5-3-9-16(18)22(17-10-4-6-12-19(17)27)23-24(27)26(31)28(25(23)30)20-13-7-8-14-21(20)32-2/h3-15,22-24,29H,1-2H3/t15-,22?,23-,24+,27?/m0/s1. The molecule has 2 amide bonds. The maximum atomic E-state index is 14.1. The highest BCUT2D eigenvalue weighted by molar-refractivity contribution is 6.24. The highest BCUT2D eigenvalue weighted by Gasteiger charge is 2.69. The van der Waals surface area contributed by atoms with Gasteiger partial charge < -0.3 is 9.84 Å². The first-order chi connectivity index (χ1) is 15.5. The third-order valence-electron chi connectivity index (χ3n) is 7.67. The fraction of sp³-hybridized carbons (Fsp3) is 0.259. The highest BCUT2D eigenvalue weighted by atomic mass is 16.5. The number of imide groups is 1. The number of rotatable bonds is 3. The van der Waals surface area contributed by atoms with E-state index in [2.05, 4.69) is 0 Å². The molecule has 5 heteroatoms. The lowest BCUT2D eigenvalue weighted by Crippen LogP contribution is -2.58. The molecular weight excluding hydrogens is 402 g/mol. The van der Waals surface area contributed by atoms with Crippen molar-refractivity contribution >= 4 is 17.5 Å². The van der Waals surface area contributed by atoms with E-state index in [9.17, 15) is 14.7 Å². The Morgan fingerprint density at radius 3 is 2.03 bits per heavy atom. The molecule has 0 radical (unpaired) electrons. The number of benzene rings is 3. The van der Waals surface area contributed by atoms with Crippen molar-refractivity contribution in [2.24, 2.45) is 11.8 Å². The van der Waals surface area contributed by atoms with E-state index in [1.165, 1.54) is 12.0 Å². The molecular formula is C27H23NO4. The summed E-state index contributed by atoms with van der Waals surface area (Å²) in [6.07, 6.45) is -0.868. The van der Waals surface area contributed by atoms with Crippen LogP contribution in [-0.4, -0.2) is 30.1 Å². The number of aliphatic hydroxyl groups is 1. The molecule has 1 fully saturated rings. The summed E-state index contributed by atoms with van der Waals surface area (Å²) in [4.78, 5) is 29.3. The Hall–Kier alpha value is -3.44. The normalized spacial score (nSPS) is 28.2. The van der Waals surface area contributed by atoms with Crippen molar-refractivity contribution in [2.45, 2.75) is 24.4 Å². The van der Waals surface area contributed by atoms with Crippen molar-refractivity contribution < 1.29 is 19.4 Å². The summed E-state index contributed by atoms with van der Waals surface area (Å²) in [5.74, 6) is -1.53. The zero-order chi connectivity index (χ0) is 22.2. The predicted octanol–water partition coefficient (Wildman–Crippen LogP) is 3.63. The smallest absolute Gasteiger partial charge is 0.239 e. The lowest BCUT2D eigenvalue weighted by molar-refractivity contribution is -0.126. The molecule has 1 saturated heterocycles. The second-order valence-electron chi connectivity index (χ2n) is 8.88. The highest BCUT2D eigenvalue weighted by Crippen LogP contribution is 2.65. The van der Waals surface area contributed by atoms with Gasteiger partial charge in [-0.2, -0.15) is 0 Å². The van der Waals surface area contributed by atoms with E-state index in [-0.39, 0.29) is 17.7 Å². The van der Waals surface area contributed by atoms with Crippen LogP contribution in [-0.2, 0) is 15.0 Å². The molecule has 1 aliphatic heterocycles. The minimum Gasteiger partial charge on any atom is -0.495 e. The van der Waals surface area contributed by atoms with Gasteiger partial charge in [-0.3, -0.25) is 9.59 Å². The second kappa shape index (κ2) is 6.53. The van der Waals surface area contributed by atoms with Crippen molar-refractivity contribution in [3.63, 3.8) is 0 Å². The van der Waals surface area contributed by atoms with Gasteiger partial charge in [0.1, 0.15) is 5.75 Å². The number of carbonyl (C=O) groups is 2. The molecule has 1 heterocycles. The van der Waals surface area contributed by atoms with E-state index in [1.807, 2.05) is 54.6 Å². The number of hydrogen-bond acceptors (Lipinski definition) is 4. The maximum Gasteiger partial charge on any atom is 0.239 e. The molecule has 4 aliphatic rings. The van der Waals surface area contributed by atoms with Gasteiger partial charge in [0, 0.05) is 5.92 Å². The predicted molar refractivity (Wildman–Crippen MR) is 120 cm³/mol. The Kier molecular flexibility index (Phi) is 3.93. The number of methoxy groups -OCH3 is 1. The van der Waals surface area contributed by atoms with Crippen LogP contribution in [0, 0.1) is 11.8 Å². The third kappa shape index (κ3) is 2.07. The number of amides is 2. The first kappa shape index (κ1) is 19.3. The van der Waals surface area contributed by atoms with Gasteiger partial charge in [-0.25, -0.2) is 4.90 Å². The van der Waals surface area contributed by atoms with E-state index >= 15 is 0 Å². The molecule has 3 aromatic rings. The Labute approximate surface area is 186 Å². The number of para-hydroxylation sites is 2. The Morgan fingerprint density at radius 2 is 1.44 bits per heavy atom. The van der Waals surface area contributed by atoms with E-state index < -0.39 is 23.4 Å². The lowest BCUT2D eigenvalue weighted by Gasteiger charge is -2.55. The zero-order valence-corrected chi connectivity index (χ0v) is 17.9. The summed E-state index contributed by atoms with van der Waals surface area (Å²) in [6, 6.07) is 23.0. The molecule has 3 aliphatic carbocycles. The molecule has 0 spiro atoms. The van der Waals surface area contributed by atoms with Gasteiger partial charge >= 0.3 is 0 Å². The lowest BCUT2D eigenvalue weighted by atomic mass is 9.46. The molecule has 3 atom stereocenters. The van der Waals surface area contributed by atoms with Crippen LogP contribution in [0.5, 0.6) is 5.75 Å². The van der Waals surface area contributed by atoms with Crippen molar-refractivity contribution in [1.29, 1.82) is 0 Å². The third-order valence-corrected chi connectivity index (χ3v) is 7.67. The second-order valence-corrected chi connectivity index (χ2v) is 8.88. The first-order valence-corrected chi connectivity index (χ1v) is 10.9. The molecule has 5 nitrogen and oxygen atoms in total. The van der Waals surface area contributed by atoms with Crippen molar-refractivity contribution in [1.82, 2.24) is 0 Å². The fourth-order valence-electron chi connectivity index (χ4n) is 6.59. The summed E-state index contributed by atoms with van der Waals surface area (Å²) in [5, 5.41) is 11.3. The van der Waals surface area contributed by atoms with Crippen LogP contribution in [0.4, 0.5) is 5.69 Å². The molecule has 0 saturated carbocycles. The Balaban J connectivity index is 1.66. The molecule has 2 bridgehead atoms. The van der Waals surface area contributed by atoms with Crippen molar-refractivity contribution in [2.75, 3.05) is 12.0 Å². The average Bonchev–Trinajstić information content (AvgIpc) is 3.09. The number of aliphatic hydroxyl groups excluding tert-OH is 1. The van der Waals surface area contributed by atoms with Crippen LogP contribution >= 0.6 is 0 Å². The quantitative estimate of drug-likeness (QED) is 0.651. The number of nitrogens with zero attached hydrogens (tertiary/aromatic N) is 1. The van der Waals surface area contributed by atoms with Crippen molar-refractivity contribution in [3.05, 3.63) is 95.1 Å². The molecule has 1 N–H and O–H groups in total. The minimum absolute atomic E-state index is 0.232. The molecule has 32 heavy (non-hydrogen) atoms. The van der Waals surface area contributed by atoms with Crippen LogP contribution in [0.3, 0.4) is 0 Å². The maximum absolute atomic E-state index is 14.1. The summed E-state index contributed by atoms with van der Waals surface area (Å²) in [5.41, 5.74) is 3.40. The van der Waals surface area contributed by atoms with Crippen molar-refractivity contribution in [3.8, 4) is 5.75 Å². The van der Waals surface area contributed by atoms with E-state index in [0.717, 1.165) is 22.3 Å². The first-order valence-electron chi connectivity index (χ1n) is 10.9. The topological polar surface area (TPSA) is 66.8 Å². The van der Waals surface area contributed by atoms with Gasteiger partial charge in [-0.1, -0.05) is 60.7 Å². The van der Waals surface area contributed by atoms with Gasteiger partial charge in [-0.05, 0) is 41.3 Å². The summed E-state index contributed by atoms with van der Waals surface area (Å²) in [7, 11) is 1.53. The molecule has 160 valence electrons.